The SMILES string of the molecule is CC(C)n1nccc1NC(=O)COC(=O)c1cc(Br)c[nH]1. The van der Waals surface area contributed by atoms with Crippen molar-refractivity contribution in [1.82, 2.24) is 14.8 Å². The van der Waals surface area contributed by atoms with E-state index in [9.17, 15) is 9.59 Å². The third kappa shape index (κ3) is 3.94. The number of carbonyl (C=O) groups excluding carboxylic acids is 2. The molecule has 0 saturated carbocycles. The summed E-state index contributed by atoms with van der Waals surface area (Å²) in [7, 11) is 0. The molecule has 7 nitrogen and oxygen atoms in total. The van der Waals surface area contributed by atoms with Crippen LogP contribution in [0.4, 0.5) is 5.82 Å². The van der Waals surface area contributed by atoms with E-state index in [0.29, 0.717) is 5.82 Å². The first-order valence-corrected chi connectivity index (χ1v) is 7.11. The number of hydrogen-bond donors (Lipinski definition) is 2. The molecule has 1 amide bonds. The van der Waals surface area contributed by atoms with Gasteiger partial charge in [-0.05, 0) is 35.8 Å². The van der Waals surface area contributed by atoms with Crippen molar-refractivity contribution in [2.75, 3.05) is 11.9 Å². The van der Waals surface area contributed by atoms with E-state index < -0.39 is 11.9 Å². The second-order valence-corrected chi connectivity index (χ2v) is 5.53. The Morgan fingerprint density at radius 3 is 2.90 bits per heavy atom. The highest BCUT2D eigenvalue weighted by Gasteiger charge is 2.14. The van der Waals surface area contributed by atoms with Gasteiger partial charge in [-0.15, -0.1) is 0 Å². The first kappa shape index (κ1) is 15.3. The topological polar surface area (TPSA) is 89.0 Å². The molecule has 0 aromatic carbocycles. The predicted octanol–water partition coefficient (Wildman–Crippen LogP) is 2.35. The Kier molecular flexibility index (Phi) is 4.79. The number of H-pyrrole nitrogens is 1. The Morgan fingerprint density at radius 2 is 2.29 bits per heavy atom. The molecular formula is C13H15BrN4O3. The molecule has 8 heteroatoms. The van der Waals surface area contributed by atoms with Crippen LogP contribution in [0, 0.1) is 0 Å². The standard InChI is InChI=1S/C13H15BrN4O3/c1-8(2)18-11(3-4-16-18)17-12(19)7-21-13(20)10-5-9(14)6-15-10/h3-6,8,15H,7H2,1-2H3,(H,17,19). The summed E-state index contributed by atoms with van der Waals surface area (Å²) < 4.78 is 7.32. The van der Waals surface area contributed by atoms with Crippen LogP contribution < -0.4 is 5.32 Å². The minimum Gasteiger partial charge on any atom is -0.451 e. The molecule has 0 bridgehead atoms. The van der Waals surface area contributed by atoms with E-state index in [1.807, 2.05) is 13.8 Å². The zero-order chi connectivity index (χ0) is 15.4. The maximum absolute atomic E-state index is 11.8. The van der Waals surface area contributed by atoms with Gasteiger partial charge in [-0.1, -0.05) is 0 Å². The van der Waals surface area contributed by atoms with E-state index in [2.05, 4.69) is 31.3 Å². The molecule has 0 atom stereocenters. The number of aromatic amines is 1. The number of halogens is 1. The summed E-state index contributed by atoms with van der Waals surface area (Å²) >= 11 is 3.21. The maximum atomic E-state index is 11.8. The molecule has 2 rings (SSSR count). The number of hydrogen-bond acceptors (Lipinski definition) is 4. The molecule has 2 N–H and O–H groups in total. The van der Waals surface area contributed by atoms with Crippen LogP contribution in [0.15, 0.2) is 29.0 Å². The van der Waals surface area contributed by atoms with Crippen molar-refractivity contribution in [3.05, 3.63) is 34.7 Å². The highest BCUT2D eigenvalue weighted by molar-refractivity contribution is 9.10. The van der Waals surface area contributed by atoms with Gasteiger partial charge in [0.25, 0.3) is 5.91 Å². The second kappa shape index (κ2) is 6.57. The first-order chi connectivity index (χ1) is 9.97. The minimum absolute atomic E-state index is 0.120. The van der Waals surface area contributed by atoms with Crippen molar-refractivity contribution in [2.45, 2.75) is 19.9 Å². The smallest absolute Gasteiger partial charge is 0.355 e. The quantitative estimate of drug-likeness (QED) is 0.806. The molecule has 0 unspecified atom stereocenters. The number of nitrogens with one attached hydrogen (secondary N) is 2. The summed E-state index contributed by atoms with van der Waals surface area (Å²) in [5.41, 5.74) is 0.280. The number of ether oxygens (including phenoxy) is 1. The summed E-state index contributed by atoms with van der Waals surface area (Å²) in [6.45, 7) is 3.54. The molecule has 0 aliphatic carbocycles. The van der Waals surface area contributed by atoms with Gasteiger partial charge in [-0.2, -0.15) is 5.10 Å². The number of esters is 1. The molecule has 2 heterocycles. The largest absolute Gasteiger partial charge is 0.451 e. The molecule has 0 fully saturated rings. The lowest BCUT2D eigenvalue weighted by Crippen LogP contribution is -2.23. The summed E-state index contributed by atoms with van der Waals surface area (Å²) in [4.78, 5) is 26.2. The van der Waals surface area contributed by atoms with Crippen LogP contribution in [0.3, 0.4) is 0 Å². The van der Waals surface area contributed by atoms with Crippen LogP contribution in [-0.4, -0.2) is 33.2 Å². The van der Waals surface area contributed by atoms with Crippen molar-refractivity contribution >= 4 is 33.6 Å². The number of nitrogens with zero attached hydrogens (tertiary/aromatic N) is 2. The zero-order valence-electron chi connectivity index (χ0n) is 11.6. The maximum Gasteiger partial charge on any atom is 0.355 e. The summed E-state index contributed by atoms with van der Waals surface area (Å²) in [6, 6.07) is 3.38. The van der Waals surface area contributed by atoms with E-state index in [0.717, 1.165) is 4.47 Å². The molecule has 0 spiro atoms. The van der Waals surface area contributed by atoms with E-state index in [-0.39, 0.29) is 18.3 Å². The van der Waals surface area contributed by atoms with Crippen molar-refractivity contribution in [2.24, 2.45) is 0 Å². The summed E-state index contributed by atoms with van der Waals surface area (Å²) in [6.07, 6.45) is 3.20. The van der Waals surface area contributed by atoms with Gasteiger partial charge >= 0.3 is 5.97 Å². The molecule has 2 aromatic heterocycles. The lowest BCUT2D eigenvalue weighted by molar-refractivity contribution is -0.119. The fourth-order valence-corrected chi connectivity index (χ4v) is 2.04. The monoisotopic (exact) mass is 354 g/mol. The molecule has 0 radical (unpaired) electrons. The van der Waals surface area contributed by atoms with Crippen LogP contribution in [0.25, 0.3) is 0 Å². The summed E-state index contributed by atoms with van der Waals surface area (Å²) in [5.74, 6) is -0.446. The van der Waals surface area contributed by atoms with Gasteiger partial charge in [0.15, 0.2) is 6.61 Å². The molecule has 0 aliphatic heterocycles. The number of carbonyl (C=O) groups is 2. The Labute approximate surface area is 129 Å². The third-order valence-electron chi connectivity index (χ3n) is 2.63. The highest BCUT2D eigenvalue weighted by atomic mass is 79.9. The van der Waals surface area contributed by atoms with Gasteiger partial charge in [0, 0.05) is 22.8 Å². The fraction of sp³-hybridized carbons (Fsp3) is 0.308. The van der Waals surface area contributed by atoms with Crippen LogP contribution in [0.1, 0.15) is 30.4 Å². The van der Waals surface area contributed by atoms with E-state index in [1.54, 1.807) is 29.2 Å². The van der Waals surface area contributed by atoms with Crippen LogP contribution >= 0.6 is 15.9 Å². The number of anilines is 1. The van der Waals surface area contributed by atoms with Crippen molar-refractivity contribution in [3.8, 4) is 0 Å². The number of aromatic nitrogens is 3. The lowest BCUT2D eigenvalue weighted by Gasteiger charge is -2.11. The van der Waals surface area contributed by atoms with Crippen molar-refractivity contribution < 1.29 is 14.3 Å². The van der Waals surface area contributed by atoms with Crippen LogP contribution in [-0.2, 0) is 9.53 Å². The number of amides is 1. The average Bonchev–Trinajstić information content (AvgIpc) is 3.05. The minimum atomic E-state index is -0.590. The third-order valence-corrected chi connectivity index (χ3v) is 3.09. The Balaban J connectivity index is 1.87. The Morgan fingerprint density at radius 1 is 1.52 bits per heavy atom. The zero-order valence-corrected chi connectivity index (χ0v) is 13.2. The van der Waals surface area contributed by atoms with Crippen LogP contribution in [0.2, 0.25) is 0 Å². The molecule has 0 aliphatic rings. The normalized spacial score (nSPS) is 10.7. The summed E-state index contributed by atoms with van der Waals surface area (Å²) in [5, 5.41) is 6.75. The molecule has 2 aromatic rings. The van der Waals surface area contributed by atoms with Gasteiger partial charge < -0.3 is 15.0 Å². The number of rotatable bonds is 5. The molecule has 0 saturated heterocycles. The van der Waals surface area contributed by atoms with Gasteiger partial charge in [0.05, 0.1) is 6.20 Å². The van der Waals surface area contributed by atoms with Gasteiger partial charge in [-0.25, -0.2) is 9.48 Å². The molecular weight excluding hydrogens is 340 g/mol. The Hall–Kier alpha value is -2.09. The Bertz CT molecular complexity index is 647. The van der Waals surface area contributed by atoms with E-state index in [1.165, 1.54) is 0 Å². The van der Waals surface area contributed by atoms with Gasteiger partial charge in [0.2, 0.25) is 0 Å². The second-order valence-electron chi connectivity index (χ2n) is 4.61. The highest BCUT2D eigenvalue weighted by Crippen LogP contribution is 2.13. The lowest BCUT2D eigenvalue weighted by atomic mass is 10.4. The van der Waals surface area contributed by atoms with Crippen molar-refractivity contribution in [1.29, 1.82) is 0 Å². The molecule has 21 heavy (non-hydrogen) atoms. The molecule has 112 valence electrons. The fourth-order valence-electron chi connectivity index (χ4n) is 1.70. The van der Waals surface area contributed by atoms with E-state index in [4.69, 9.17) is 4.74 Å². The van der Waals surface area contributed by atoms with Crippen LogP contribution in [0.5, 0.6) is 0 Å². The van der Waals surface area contributed by atoms with Gasteiger partial charge in [0.1, 0.15) is 11.5 Å². The van der Waals surface area contributed by atoms with Gasteiger partial charge in [-0.3, -0.25) is 4.79 Å². The van der Waals surface area contributed by atoms with Crippen molar-refractivity contribution in [3.63, 3.8) is 0 Å². The first-order valence-electron chi connectivity index (χ1n) is 6.31. The predicted molar refractivity (Wildman–Crippen MR) is 80.0 cm³/mol. The van der Waals surface area contributed by atoms with E-state index >= 15 is 0 Å². The average molecular weight is 355 g/mol.